The molecule has 2 heterocycles. The molecule has 3 aromatic rings. The Morgan fingerprint density at radius 1 is 1.21 bits per heavy atom. The fraction of sp³-hybridized carbons (Fsp3) is 0.304. The number of nitrogens with one attached hydrogen (secondary N) is 1. The standard InChI is InChI=1S/C23H24ClN5O4/c1-13(2)33-22(30)20-14(3)25-23-26-27-28-29(23)21(20)15-9-10-18(19(11-15)31-4)32-12-16-7-5-6-8-17(16)24/h5-11,13,21H,12H2,1-4H3,(H,25,26,28). The number of aromatic nitrogens is 4. The first kappa shape index (κ1) is 22.6. The normalized spacial score (nSPS) is 15.2. The number of hydrogen-bond donors (Lipinski definition) is 1. The average molecular weight is 470 g/mol. The van der Waals surface area contributed by atoms with Crippen LogP contribution in [0, 0.1) is 0 Å². The number of hydrogen-bond acceptors (Lipinski definition) is 8. The van der Waals surface area contributed by atoms with Gasteiger partial charge >= 0.3 is 5.97 Å². The molecule has 2 aromatic carbocycles. The van der Waals surface area contributed by atoms with Crippen LogP contribution in [0.25, 0.3) is 0 Å². The highest BCUT2D eigenvalue weighted by Gasteiger charge is 2.35. The Morgan fingerprint density at radius 2 is 2.00 bits per heavy atom. The molecule has 0 spiro atoms. The van der Waals surface area contributed by atoms with Crippen molar-refractivity contribution in [3.05, 3.63) is 69.9 Å². The van der Waals surface area contributed by atoms with Gasteiger partial charge in [-0.15, -0.1) is 0 Å². The van der Waals surface area contributed by atoms with Gasteiger partial charge in [-0.3, -0.25) is 0 Å². The lowest BCUT2D eigenvalue weighted by Gasteiger charge is -2.28. The Balaban J connectivity index is 1.69. The van der Waals surface area contributed by atoms with Gasteiger partial charge in [0.1, 0.15) is 12.6 Å². The van der Waals surface area contributed by atoms with E-state index in [0.29, 0.717) is 33.7 Å². The Labute approximate surface area is 196 Å². The summed E-state index contributed by atoms with van der Waals surface area (Å²) >= 11 is 6.24. The van der Waals surface area contributed by atoms with E-state index < -0.39 is 12.0 Å². The molecule has 0 saturated heterocycles. The van der Waals surface area contributed by atoms with E-state index in [1.165, 1.54) is 0 Å². The van der Waals surface area contributed by atoms with Gasteiger partial charge < -0.3 is 19.5 Å². The number of benzene rings is 2. The number of ether oxygens (including phenoxy) is 3. The molecule has 0 bridgehead atoms. The van der Waals surface area contributed by atoms with Crippen LogP contribution in [-0.4, -0.2) is 39.4 Å². The summed E-state index contributed by atoms with van der Waals surface area (Å²) in [7, 11) is 1.56. The molecule has 33 heavy (non-hydrogen) atoms. The fourth-order valence-electron chi connectivity index (χ4n) is 3.61. The van der Waals surface area contributed by atoms with Crippen molar-refractivity contribution in [1.82, 2.24) is 20.2 Å². The van der Waals surface area contributed by atoms with Gasteiger partial charge in [-0.05, 0) is 55.0 Å². The Hall–Kier alpha value is -3.59. The van der Waals surface area contributed by atoms with Crippen molar-refractivity contribution in [3.63, 3.8) is 0 Å². The second-order valence-corrected chi connectivity index (χ2v) is 8.16. The molecule has 0 saturated carbocycles. The van der Waals surface area contributed by atoms with Crippen molar-refractivity contribution >= 4 is 23.5 Å². The maximum Gasteiger partial charge on any atom is 0.338 e. The summed E-state index contributed by atoms with van der Waals surface area (Å²) in [4.78, 5) is 13.0. The van der Waals surface area contributed by atoms with E-state index in [2.05, 4.69) is 20.8 Å². The first-order valence-corrected chi connectivity index (χ1v) is 10.8. The summed E-state index contributed by atoms with van der Waals surface area (Å²) < 4.78 is 18.6. The van der Waals surface area contributed by atoms with Crippen LogP contribution >= 0.6 is 11.6 Å². The molecular weight excluding hydrogens is 446 g/mol. The minimum Gasteiger partial charge on any atom is -0.493 e. The van der Waals surface area contributed by atoms with Gasteiger partial charge in [0.15, 0.2) is 11.5 Å². The van der Waals surface area contributed by atoms with Crippen LogP contribution in [0.1, 0.15) is 37.9 Å². The van der Waals surface area contributed by atoms with Crippen LogP contribution in [-0.2, 0) is 16.1 Å². The first-order chi connectivity index (χ1) is 15.9. The van der Waals surface area contributed by atoms with Crippen LogP contribution in [0.3, 0.4) is 0 Å². The molecule has 4 rings (SSSR count). The minimum atomic E-state index is -0.603. The Morgan fingerprint density at radius 3 is 2.73 bits per heavy atom. The largest absolute Gasteiger partial charge is 0.493 e. The van der Waals surface area contributed by atoms with Crippen LogP contribution < -0.4 is 14.8 Å². The van der Waals surface area contributed by atoms with E-state index in [1.54, 1.807) is 44.7 Å². The number of carbonyl (C=O) groups is 1. The quantitative estimate of drug-likeness (QED) is 0.515. The second kappa shape index (κ2) is 9.50. The topological polar surface area (TPSA) is 100 Å². The molecule has 1 atom stereocenters. The van der Waals surface area contributed by atoms with Crippen molar-refractivity contribution in [2.45, 2.75) is 39.5 Å². The third-order valence-electron chi connectivity index (χ3n) is 5.12. The van der Waals surface area contributed by atoms with Crippen LogP contribution in [0.4, 0.5) is 5.95 Å². The molecule has 1 N–H and O–H groups in total. The van der Waals surface area contributed by atoms with Gasteiger partial charge in [0.05, 0.1) is 18.8 Å². The van der Waals surface area contributed by atoms with Crippen molar-refractivity contribution < 1.29 is 19.0 Å². The molecule has 0 radical (unpaired) electrons. The van der Waals surface area contributed by atoms with Gasteiger partial charge in [-0.1, -0.05) is 41.0 Å². The molecule has 9 nitrogen and oxygen atoms in total. The van der Waals surface area contributed by atoms with Gasteiger partial charge in [0.2, 0.25) is 5.95 Å². The van der Waals surface area contributed by atoms with Gasteiger partial charge in [0, 0.05) is 16.3 Å². The molecule has 1 aliphatic rings. The zero-order valence-corrected chi connectivity index (χ0v) is 19.5. The average Bonchev–Trinajstić information content (AvgIpc) is 3.25. The lowest BCUT2D eigenvalue weighted by molar-refractivity contribution is -0.143. The number of allylic oxidation sites excluding steroid dienone is 1. The number of anilines is 1. The van der Waals surface area contributed by atoms with Gasteiger partial charge in [-0.2, -0.15) is 4.68 Å². The van der Waals surface area contributed by atoms with E-state index in [0.717, 1.165) is 11.1 Å². The molecule has 0 fully saturated rings. The lowest BCUT2D eigenvalue weighted by atomic mass is 9.95. The second-order valence-electron chi connectivity index (χ2n) is 7.76. The summed E-state index contributed by atoms with van der Waals surface area (Å²) in [6.45, 7) is 5.68. The highest BCUT2D eigenvalue weighted by Crippen LogP contribution is 2.39. The Kier molecular flexibility index (Phi) is 6.50. The fourth-order valence-corrected chi connectivity index (χ4v) is 3.80. The molecular formula is C23H24ClN5O4. The molecule has 1 aromatic heterocycles. The number of nitrogens with zero attached hydrogens (tertiary/aromatic N) is 4. The zero-order valence-electron chi connectivity index (χ0n) is 18.7. The van der Waals surface area contributed by atoms with Crippen molar-refractivity contribution in [3.8, 4) is 11.5 Å². The monoisotopic (exact) mass is 469 g/mol. The van der Waals surface area contributed by atoms with Gasteiger partial charge in [0.25, 0.3) is 0 Å². The summed E-state index contributed by atoms with van der Waals surface area (Å²) in [6, 6.07) is 12.3. The molecule has 1 unspecified atom stereocenters. The van der Waals surface area contributed by atoms with E-state index in [1.807, 2.05) is 30.3 Å². The van der Waals surface area contributed by atoms with Crippen LogP contribution in [0.5, 0.6) is 11.5 Å². The number of rotatable bonds is 7. The summed E-state index contributed by atoms with van der Waals surface area (Å²) in [5.74, 6) is 1.02. The van der Waals surface area contributed by atoms with E-state index in [4.69, 9.17) is 25.8 Å². The maximum atomic E-state index is 13.0. The van der Waals surface area contributed by atoms with Crippen molar-refractivity contribution in [1.29, 1.82) is 0 Å². The molecule has 10 heteroatoms. The van der Waals surface area contributed by atoms with E-state index in [9.17, 15) is 4.79 Å². The molecule has 1 aliphatic heterocycles. The number of carbonyl (C=O) groups excluding carboxylic acids is 1. The third kappa shape index (κ3) is 4.63. The predicted molar refractivity (Wildman–Crippen MR) is 122 cm³/mol. The van der Waals surface area contributed by atoms with Crippen LogP contribution in [0.15, 0.2) is 53.7 Å². The maximum absolute atomic E-state index is 13.0. The highest BCUT2D eigenvalue weighted by molar-refractivity contribution is 6.31. The zero-order chi connectivity index (χ0) is 23.5. The van der Waals surface area contributed by atoms with Crippen molar-refractivity contribution in [2.24, 2.45) is 0 Å². The van der Waals surface area contributed by atoms with E-state index >= 15 is 0 Å². The SMILES string of the molecule is COc1cc(C2C(C(=O)OC(C)C)=C(C)Nc3nnnn32)ccc1OCc1ccccc1Cl. The van der Waals surface area contributed by atoms with Crippen molar-refractivity contribution in [2.75, 3.05) is 12.4 Å². The number of halogens is 1. The molecule has 0 aliphatic carbocycles. The number of tetrazole rings is 1. The lowest BCUT2D eigenvalue weighted by Crippen LogP contribution is -2.30. The molecule has 0 amide bonds. The summed E-state index contributed by atoms with van der Waals surface area (Å²) in [5.41, 5.74) is 2.63. The van der Waals surface area contributed by atoms with Gasteiger partial charge in [-0.25, -0.2) is 4.79 Å². The number of methoxy groups -OCH3 is 1. The molecule has 172 valence electrons. The number of fused-ring (bicyclic) bond motifs is 1. The minimum absolute atomic E-state index is 0.274. The summed E-state index contributed by atoms with van der Waals surface area (Å²) in [6.07, 6.45) is -0.274. The van der Waals surface area contributed by atoms with E-state index in [-0.39, 0.29) is 12.7 Å². The highest BCUT2D eigenvalue weighted by atomic mass is 35.5. The number of esters is 1. The first-order valence-electron chi connectivity index (χ1n) is 10.4. The Bertz CT molecular complexity index is 1210. The summed E-state index contributed by atoms with van der Waals surface area (Å²) in [5, 5.41) is 15.5. The predicted octanol–water partition coefficient (Wildman–Crippen LogP) is 4.15. The smallest absolute Gasteiger partial charge is 0.338 e. The van der Waals surface area contributed by atoms with Crippen LogP contribution in [0.2, 0.25) is 5.02 Å². The third-order valence-corrected chi connectivity index (χ3v) is 5.49.